The lowest BCUT2D eigenvalue weighted by Crippen LogP contribution is -2.45. The fraction of sp³-hybridized carbons (Fsp3) is 0.389. The molecule has 1 N–H and O–H groups in total. The summed E-state index contributed by atoms with van der Waals surface area (Å²) in [6, 6.07) is 9.67. The predicted octanol–water partition coefficient (Wildman–Crippen LogP) is 1.95. The highest BCUT2D eigenvalue weighted by molar-refractivity contribution is 5.70. The maximum atomic E-state index is 12.4. The second-order valence-electron chi connectivity index (χ2n) is 6.61. The lowest BCUT2D eigenvalue weighted by molar-refractivity contribution is 0.174. The fourth-order valence-electron chi connectivity index (χ4n) is 4.17. The molecule has 3 aliphatic heterocycles. The first-order chi connectivity index (χ1) is 11.3. The Morgan fingerprint density at radius 3 is 2.96 bits per heavy atom. The number of nitrogens with one attached hydrogen (secondary N) is 1. The Hall–Kier alpha value is -2.27. The largest absolute Gasteiger partial charge is 0.454 e. The predicted molar refractivity (Wildman–Crippen MR) is 86.0 cm³/mol. The van der Waals surface area contributed by atoms with Crippen LogP contribution in [-0.2, 0) is 6.54 Å². The molecule has 0 spiro atoms. The van der Waals surface area contributed by atoms with Gasteiger partial charge in [-0.15, -0.1) is 0 Å². The third-order valence-corrected chi connectivity index (χ3v) is 5.18. The Bertz CT molecular complexity index is 843. The smallest absolute Gasteiger partial charge is 0.250 e. The number of pyridine rings is 1. The number of fused-ring (bicyclic) bond motifs is 5. The maximum Gasteiger partial charge on any atom is 0.250 e. The fourth-order valence-corrected chi connectivity index (χ4v) is 4.17. The van der Waals surface area contributed by atoms with E-state index in [0.717, 1.165) is 48.7 Å². The standard InChI is InChI=1S/C18H18N2O3/c21-17-4-2-14(12-1-3-15-16(6-12)23-10-22-15)18-13-5-11(7-19-8-13)9-20(17)18/h1-4,6,11,13,19H,5,7-10H2. The van der Waals surface area contributed by atoms with Gasteiger partial charge in [-0.3, -0.25) is 4.79 Å². The van der Waals surface area contributed by atoms with Crippen LogP contribution in [0.3, 0.4) is 0 Å². The van der Waals surface area contributed by atoms with Crippen molar-refractivity contribution in [3.63, 3.8) is 0 Å². The van der Waals surface area contributed by atoms with E-state index in [1.165, 1.54) is 5.69 Å². The summed E-state index contributed by atoms with van der Waals surface area (Å²) < 4.78 is 12.9. The van der Waals surface area contributed by atoms with Crippen LogP contribution in [0.25, 0.3) is 11.1 Å². The topological polar surface area (TPSA) is 52.5 Å². The van der Waals surface area contributed by atoms with E-state index in [1.807, 2.05) is 22.8 Å². The quantitative estimate of drug-likeness (QED) is 0.875. The zero-order valence-electron chi connectivity index (χ0n) is 12.7. The zero-order chi connectivity index (χ0) is 15.4. The molecule has 3 aliphatic rings. The third kappa shape index (κ3) is 2.00. The second kappa shape index (κ2) is 4.86. The molecule has 5 heteroatoms. The molecule has 0 aliphatic carbocycles. The molecule has 2 unspecified atom stereocenters. The van der Waals surface area contributed by atoms with Crippen molar-refractivity contribution in [3.05, 3.63) is 46.4 Å². The number of hydrogen-bond acceptors (Lipinski definition) is 4. The minimum Gasteiger partial charge on any atom is -0.454 e. The van der Waals surface area contributed by atoms with Crippen molar-refractivity contribution in [1.29, 1.82) is 0 Å². The van der Waals surface area contributed by atoms with Crippen molar-refractivity contribution >= 4 is 0 Å². The molecule has 1 saturated heterocycles. The average Bonchev–Trinajstić information content (AvgIpc) is 3.04. The molecule has 0 radical (unpaired) electrons. The Labute approximate surface area is 133 Å². The van der Waals surface area contributed by atoms with Crippen LogP contribution in [-0.4, -0.2) is 24.4 Å². The monoisotopic (exact) mass is 310 g/mol. The minimum absolute atomic E-state index is 0.112. The van der Waals surface area contributed by atoms with Crippen LogP contribution < -0.4 is 20.3 Å². The molecule has 4 heterocycles. The summed E-state index contributed by atoms with van der Waals surface area (Å²) in [7, 11) is 0. The lowest BCUT2D eigenvalue weighted by atomic mass is 9.81. The minimum atomic E-state index is 0.112. The normalized spacial score (nSPS) is 24.3. The Morgan fingerprint density at radius 2 is 2.00 bits per heavy atom. The van der Waals surface area contributed by atoms with Crippen molar-refractivity contribution in [2.24, 2.45) is 5.92 Å². The molecule has 2 bridgehead atoms. The van der Waals surface area contributed by atoms with Gasteiger partial charge in [-0.25, -0.2) is 0 Å². The molecule has 5 nitrogen and oxygen atoms in total. The molecule has 1 aromatic heterocycles. The van der Waals surface area contributed by atoms with E-state index in [-0.39, 0.29) is 12.4 Å². The first-order valence-corrected chi connectivity index (χ1v) is 8.14. The van der Waals surface area contributed by atoms with Gasteiger partial charge in [0, 0.05) is 36.3 Å². The molecule has 2 atom stereocenters. The van der Waals surface area contributed by atoms with Crippen LogP contribution in [0.15, 0.2) is 35.1 Å². The summed E-state index contributed by atoms with van der Waals surface area (Å²) in [4.78, 5) is 12.4. The molecular weight excluding hydrogens is 292 g/mol. The number of benzene rings is 1. The highest BCUT2D eigenvalue weighted by Gasteiger charge is 2.33. The van der Waals surface area contributed by atoms with E-state index in [2.05, 4.69) is 11.4 Å². The highest BCUT2D eigenvalue weighted by Crippen LogP contribution is 2.41. The SMILES string of the molecule is O=c1ccc(-c2ccc3c(c2)OCO3)c2n1CC1CNCC2C1. The van der Waals surface area contributed by atoms with Crippen LogP contribution in [0.5, 0.6) is 11.5 Å². The maximum absolute atomic E-state index is 12.4. The van der Waals surface area contributed by atoms with Gasteiger partial charge in [-0.1, -0.05) is 6.07 Å². The first kappa shape index (κ1) is 13.2. The zero-order valence-corrected chi connectivity index (χ0v) is 12.7. The first-order valence-electron chi connectivity index (χ1n) is 8.14. The molecule has 2 aromatic rings. The van der Waals surface area contributed by atoms with Gasteiger partial charge in [0.25, 0.3) is 5.56 Å². The van der Waals surface area contributed by atoms with E-state index in [9.17, 15) is 4.79 Å². The number of nitrogens with zero attached hydrogens (tertiary/aromatic N) is 1. The highest BCUT2D eigenvalue weighted by atomic mass is 16.7. The number of rotatable bonds is 1. The van der Waals surface area contributed by atoms with E-state index in [1.54, 1.807) is 6.07 Å². The number of hydrogen-bond donors (Lipinski definition) is 1. The Kier molecular flexibility index (Phi) is 2.79. The van der Waals surface area contributed by atoms with Crippen molar-refractivity contribution in [3.8, 4) is 22.6 Å². The molecule has 23 heavy (non-hydrogen) atoms. The molecule has 118 valence electrons. The Morgan fingerprint density at radius 1 is 1.09 bits per heavy atom. The number of aromatic nitrogens is 1. The van der Waals surface area contributed by atoms with E-state index in [4.69, 9.17) is 9.47 Å². The van der Waals surface area contributed by atoms with Crippen LogP contribution in [0, 0.1) is 5.92 Å². The van der Waals surface area contributed by atoms with Crippen molar-refractivity contribution in [2.75, 3.05) is 19.9 Å². The van der Waals surface area contributed by atoms with Gasteiger partial charge in [-0.2, -0.15) is 0 Å². The lowest BCUT2D eigenvalue weighted by Gasteiger charge is -2.38. The van der Waals surface area contributed by atoms with E-state index < -0.39 is 0 Å². The van der Waals surface area contributed by atoms with Crippen LogP contribution >= 0.6 is 0 Å². The van der Waals surface area contributed by atoms with Gasteiger partial charge in [0.15, 0.2) is 11.5 Å². The third-order valence-electron chi connectivity index (χ3n) is 5.18. The van der Waals surface area contributed by atoms with Crippen molar-refractivity contribution < 1.29 is 9.47 Å². The summed E-state index contributed by atoms with van der Waals surface area (Å²) in [5.74, 6) is 2.53. The van der Waals surface area contributed by atoms with Gasteiger partial charge in [0.2, 0.25) is 6.79 Å². The molecular formula is C18H18N2O3. The molecule has 0 saturated carbocycles. The van der Waals surface area contributed by atoms with Crippen molar-refractivity contribution in [1.82, 2.24) is 9.88 Å². The average molecular weight is 310 g/mol. The summed E-state index contributed by atoms with van der Waals surface area (Å²) in [6.45, 7) is 3.05. The van der Waals surface area contributed by atoms with E-state index >= 15 is 0 Å². The van der Waals surface area contributed by atoms with Gasteiger partial charge in [0.1, 0.15) is 0 Å². The van der Waals surface area contributed by atoms with E-state index in [0.29, 0.717) is 11.8 Å². The van der Waals surface area contributed by atoms with Gasteiger partial charge in [-0.05, 0) is 42.6 Å². The molecule has 1 fully saturated rings. The Balaban J connectivity index is 1.70. The van der Waals surface area contributed by atoms with Crippen LogP contribution in [0.2, 0.25) is 0 Å². The van der Waals surface area contributed by atoms with Gasteiger partial charge >= 0.3 is 0 Å². The number of ether oxygens (including phenoxy) is 2. The summed E-state index contributed by atoms with van der Waals surface area (Å²) in [5.41, 5.74) is 3.50. The van der Waals surface area contributed by atoms with Crippen molar-refractivity contribution in [2.45, 2.75) is 18.9 Å². The molecule has 0 amide bonds. The second-order valence-corrected chi connectivity index (χ2v) is 6.61. The van der Waals surface area contributed by atoms with Gasteiger partial charge < -0.3 is 19.4 Å². The molecule has 1 aromatic carbocycles. The van der Waals surface area contributed by atoms with Crippen LogP contribution in [0.4, 0.5) is 0 Å². The van der Waals surface area contributed by atoms with Gasteiger partial charge in [0.05, 0.1) is 0 Å². The number of piperidine rings is 1. The molecule has 5 rings (SSSR count). The summed E-state index contributed by atoms with van der Waals surface area (Å²) in [6.07, 6.45) is 1.16. The van der Waals surface area contributed by atoms with Crippen LogP contribution in [0.1, 0.15) is 18.0 Å². The summed E-state index contributed by atoms with van der Waals surface area (Å²) in [5, 5.41) is 3.51. The summed E-state index contributed by atoms with van der Waals surface area (Å²) >= 11 is 0.